The summed E-state index contributed by atoms with van der Waals surface area (Å²) in [6.45, 7) is 1.25. The van der Waals surface area contributed by atoms with Crippen molar-refractivity contribution in [3.05, 3.63) is 24.3 Å². The van der Waals surface area contributed by atoms with E-state index in [0.717, 1.165) is 31.0 Å². The van der Waals surface area contributed by atoms with Crippen molar-refractivity contribution >= 4 is 35.6 Å². The SMILES string of the molecule is Cl.O=C(CNCC1CC1)Nc1cccc(NC(=O)C2CC2)c1. The Kier molecular flexibility index (Phi) is 5.80. The maximum Gasteiger partial charge on any atom is 0.238 e. The molecule has 3 N–H and O–H groups in total. The molecule has 120 valence electrons. The van der Waals surface area contributed by atoms with Gasteiger partial charge in [0.15, 0.2) is 0 Å². The first-order valence-corrected chi connectivity index (χ1v) is 7.62. The largest absolute Gasteiger partial charge is 0.326 e. The van der Waals surface area contributed by atoms with Crippen LogP contribution >= 0.6 is 12.4 Å². The molecule has 0 spiro atoms. The van der Waals surface area contributed by atoms with E-state index in [4.69, 9.17) is 0 Å². The fourth-order valence-corrected chi connectivity index (χ4v) is 2.18. The highest BCUT2D eigenvalue weighted by Crippen LogP contribution is 2.30. The quantitative estimate of drug-likeness (QED) is 0.721. The van der Waals surface area contributed by atoms with Crippen LogP contribution in [-0.2, 0) is 9.59 Å². The molecule has 22 heavy (non-hydrogen) atoms. The van der Waals surface area contributed by atoms with Crippen LogP contribution in [0.15, 0.2) is 24.3 Å². The van der Waals surface area contributed by atoms with Gasteiger partial charge in [-0.15, -0.1) is 12.4 Å². The van der Waals surface area contributed by atoms with Gasteiger partial charge in [0.1, 0.15) is 0 Å². The Morgan fingerprint density at radius 3 is 2.36 bits per heavy atom. The Morgan fingerprint density at radius 1 is 1.05 bits per heavy atom. The molecule has 6 heteroatoms. The molecular formula is C16H22ClN3O2. The van der Waals surface area contributed by atoms with Gasteiger partial charge in [-0.3, -0.25) is 9.59 Å². The molecule has 2 saturated carbocycles. The minimum atomic E-state index is -0.0543. The second-order valence-electron chi connectivity index (χ2n) is 5.97. The van der Waals surface area contributed by atoms with Crippen molar-refractivity contribution in [2.24, 2.45) is 11.8 Å². The van der Waals surface area contributed by atoms with Crippen molar-refractivity contribution in [1.29, 1.82) is 0 Å². The zero-order valence-electron chi connectivity index (χ0n) is 12.4. The molecule has 1 aromatic carbocycles. The Balaban J connectivity index is 0.00000176. The molecule has 0 radical (unpaired) electrons. The maximum absolute atomic E-state index is 11.8. The number of nitrogens with one attached hydrogen (secondary N) is 3. The van der Waals surface area contributed by atoms with Crippen LogP contribution in [0.2, 0.25) is 0 Å². The van der Waals surface area contributed by atoms with Crippen molar-refractivity contribution in [1.82, 2.24) is 5.32 Å². The van der Waals surface area contributed by atoms with Crippen LogP contribution in [0.4, 0.5) is 11.4 Å². The molecule has 0 heterocycles. The van der Waals surface area contributed by atoms with E-state index >= 15 is 0 Å². The van der Waals surface area contributed by atoms with Gasteiger partial charge in [0.05, 0.1) is 6.54 Å². The zero-order valence-corrected chi connectivity index (χ0v) is 13.2. The summed E-state index contributed by atoms with van der Waals surface area (Å²) in [4.78, 5) is 23.5. The third-order valence-electron chi connectivity index (χ3n) is 3.78. The van der Waals surface area contributed by atoms with Crippen molar-refractivity contribution in [2.45, 2.75) is 25.7 Å². The van der Waals surface area contributed by atoms with E-state index in [0.29, 0.717) is 12.2 Å². The molecule has 2 amide bonds. The lowest BCUT2D eigenvalue weighted by Gasteiger charge is -2.09. The lowest BCUT2D eigenvalue weighted by Crippen LogP contribution is -2.29. The minimum Gasteiger partial charge on any atom is -0.326 e. The molecule has 0 aliphatic heterocycles. The molecule has 5 nitrogen and oxygen atoms in total. The lowest BCUT2D eigenvalue weighted by atomic mass is 10.2. The Hall–Kier alpha value is -1.59. The molecule has 0 unspecified atom stereocenters. The predicted molar refractivity (Wildman–Crippen MR) is 89.3 cm³/mol. The summed E-state index contributed by atoms with van der Waals surface area (Å²) in [7, 11) is 0. The minimum absolute atomic E-state index is 0. The molecule has 0 bridgehead atoms. The highest BCUT2D eigenvalue weighted by atomic mass is 35.5. The van der Waals surface area contributed by atoms with E-state index < -0.39 is 0 Å². The summed E-state index contributed by atoms with van der Waals surface area (Å²) in [6.07, 6.45) is 4.51. The van der Waals surface area contributed by atoms with E-state index in [9.17, 15) is 9.59 Å². The molecule has 3 rings (SSSR count). The molecule has 0 saturated heterocycles. The molecule has 0 aromatic heterocycles. The van der Waals surface area contributed by atoms with Crippen LogP contribution in [-0.4, -0.2) is 24.9 Å². The summed E-state index contributed by atoms with van der Waals surface area (Å²) >= 11 is 0. The van der Waals surface area contributed by atoms with Crippen LogP contribution in [0.5, 0.6) is 0 Å². The average molecular weight is 324 g/mol. The van der Waals surface area contributed by atoms with Crippen LogP contribution in [0.1, 0.15) is 25.7 Å². The number of amides is 2. The number of hydrogen-bond donors (Lipinski definition) is 3. The van der Waals surface area contributed by atoms with E-state index in [-0.39, 0.29) is 30.1 Å². The van der Waals surface area contributed by atoms with Crippen molar-refractivity contribution in [2.75, 3.05) is 23.7 Å². The van der Waals surface area contributed by atoms with Crippen LogP contribution in [0.25, 0.3) is 0 Å². The van der Waals surface area contributed by atoms with Crippen molar-refractivity contribution < 1.29 is 9.59 Å². The second-order valence-corrected chi connectivity index (χ2v) is 5.97. The van der Waals surface area contributed by atoms with Crippen LogP contribution in [0, 0.1) is 11.8 Å². The second kappa shape index (κ2) is 7.61. The van der Waals surface area contributed by atoms with E-state index in [2.05, 4.69) is 16.0 Å². The third kappa shape index (κ3) is 5.31. The number of benzene rings is 1. The Morgan fingerprint density at radius 2 is 1.73 bits per heavy atom. The summed E-state index contributed by atoms with van der Waals surface area (Å²) in [5.41, 5.74) is 1.44. The number of anilines is 2. The summed E-state index contributed by atoms with van der Waals surface area (Å²) < 4.78 is 0. The number of hydrogen-bond acceptors (Lipinski definition) is 3. The van der Waals surface area contributed by atoms with Gasteiger partial charge in [0, 0.05) is 17.3 Å². The maximum atomic E-state index is 11.8. The fraction of sp³-hybridized carbons (Fsp3) is 0.500. The topological polar surface area (TPSA) is 70.2 Å². The standard InChI is InChI=1S/C16H21N3O2.ClH/c20-15(10-17-9-11-4-5-11)18-13-2-1-3-14(8-13)19-16(21)12-6-7-12;/h1-3,8,11-12,17H,4-7,9-10H2,(H,18,20)(H,19,21);1H. The first kappa shape index (κ1) is 16.8. The van der Waals surface area contributed by atoms with E-state index in [1.807, 2.05) is 18.2 Å². The summed E-state index contributed by atoms with van der Waals surface area (Å²) in [5.74, 6) is 0.958. The van der Waals surface area contributed by atoms with Gasteiger partial charge in [0.25, 0.3) is 0 Å². The first-order valence-electron chi connectivity index (χ1n) is 7.62. The highest BCUT2D eigenvalue weighted by Gasteiger charge is 2.29. The number of carbonyl (C=O) groups is 2. The molecule has 2 fully saturated rings. The number of carbonyl (C=O) groups excluding carboxylic acids is 2. The van der Waals surface area contributed by atoms with Gasteiger partial charge in [-0.05, 0) is 56.3 Å². The van der Waals surface area contributed by atoms with E-state index in [1.165, 1.54) is 12.8 Å². The monoisotopic (exact) mass is 323 g/mol. The summed E-state index contributed by atoms with van der Waals surface area (Å²) in [5, 5.41) is 8.88. The average Bonchev–Trinajstić information content (AvgIpc) is 3.32. The number of halogens is 1. The lowest BCUT2D eigenvalue weighted by molar-refractivity contribution is -0.117. The van der Waals surface area contributed by atoms with E-state index in [1.54, 1.807) is 6.07 Å². The van der Waals surface area contributed by atoms with Gasteiger partial charge in [0.2, 0.25) is 11.8 Å². The summed E-state index contributed by atoms with van der Waals surface area (Å²) in [6, 6.07) is 7.28. The van der Waals surface area contributed by atoms with Crippen LogP contribution in [0.3, 0.4) is 0 Å². The first-order chi connectivity index (χ1) is 10.2. The van der Waals surface area contributed by atoms with Crippen molar-refractivity contribution in [3.8, 4) is 0 Å². The zero-order chi connectivity index (χ0) is 14.7. The predicted octanol–water partition coefficient (Wildman–Crippen LogP) is 2.40. The highest BCUT2D eigenvalue weighted by molar-refractivity contribution is 5.96. The van der Waals surface area contributed by atoms with Gasteiger partial charge in [-0.1, -0.05) is 6.07 Å². The fourth-order valence-electron chi connectivity index (χ4n) is 2.18. The van der Waals surface area contributed by atoms with Crippen molar-refractivity contribution in [3.63, 3.8) is 0 Å². The molecule has 2 aliphatic rings. The third-order valence-corrected chi connectivity index (χ3v) is 3.78. The van der Waals surface area contributed by atoms with Gasteiger partial charge >= 0.3 is 0 Å². The smallest absolute Gasteiger partial charge is 0.238 e. The molecule has 0 atom stereocenters. The van der Waals surface area contributed by atoms with Gasteiger partial charge < -0.3 is 16.0 Å². The molecule has 2 aliphatic carbocycles. The van der Waals surface area contributed by atoms with Crippen LogP contribution < -0.4 is 16.0 Å². The molecular weight excluding hydrogens is 302 g/mol. The van der Waals surface area contributed by atoms with Gasteiger partial charge in [-0.2, -0.15) is 0 Å². The Bertz CT molecular complexity index is 542. The Labute approximate surface area is 136 Å². The van der Waals surface area contributed by atoms with Gasteiger partial charge in [-0.25, -0.2) is 0 Å². The number of rotatable bonds is 7. The molecule has 1 aromatic rings. The normalized spacial score (nSPS) is 16.5.